The highest BCUT2D eigenvalue weighted by Crippen LogP contribution is 2.15. The van der Waals surface area contributed by atoms with Gasteiger partial charge in [-0.15, -0.1) is 0 Å². The maximum absolute atomic E-state index is 12.1. The number of carbonyl (C=O) groups excluding carboxylic acids is 1. The molecular formula is C15H11N3O. The van der Waals surface area contributed by atoms with E-state index in [1.165, 1.54) is 0 Å². The highest BCUT2D eigenvalue weighted by molar-refractivity contribution is 6.06. The van der Waals surface area contributed by atoms with Crippen LogP contribution in [0.25, 0.3) is 10.8 Å². The van der Waals surface area contributed by atoms with Crippen molar-refractivity contribution in [2.24, 2.45) is 0 Å². The van der Waals surface area contributed by atoms with Crippen molar-refractivity contribution in [3.05, 3.63) is 66.7 Å². The van der Waals surface area contributed by atoms with E-state index in [1.54, 1.807) is 43.0 Å². The van der Waals surface area contributed by atoms with Gasteiger partial charge >= 0.3 is 0 Å². The Hall–Kier alpha value is -2.75. The van der Waals surface area contributed by atoms with Crippen molar-refractivity contribution in [1.82, 2.24) is 9.97 Å². The molecule has 19 heavy (non-hydrogen) atoms. The summed E-state index contributed by atoms with van der Waals surface area (Å²) in [7, 11) is 0. The van der Waals surface area contributed by atoms with Gasteiger partial charge in [0.25, 0.3) is 5.91 Å². The molecule has 4 nitrogen and oxygen atoms in total. The molecule has 1 amide bonds. The number of anilines is 1. The van der Waals surface area contributed by atoms with Gasteiger partial charge in [-0.1, -0.05) is 6.07 Å². The Morgan fingerprint density at radius 2 is 1.68 bits per heavy atom. The average Bonchev–Trinajstić information content (AvgIpc) is 2.48. The molecule has 0 unspecified atom stereocenters. The SMILES string of the molecule is O=C(Nc1ccncc1)c1ccc2cnccc2c1. The monoisotopic (exact) mass is 249 g/mol. The summed E-state index contributed by atoms with van der Waals surface area (Å²) in [5, 5.41) is 4.84. The smallest absolute Gasteiger partial charge is 0.255 e. The highest BCUT2D eigenvalue weighted by Gasteiger charge is 2.06. The molecule has 3 aromatic rings. The lowest BCUT2D eigenvalue weighted by Crippen LogP contribution is -2.11. The van der Waals surface area contributed by atoms with Gasteiger partial charge in [0.05, 0.1) is 0 Å². The van der Waals surface area contributed by atoms with Gasteiger partial charge in [-0.2, -0.15) is 0 Å². The van der Waals surface area contributed by atoms with Crippen LogP contribution in [0.2, 0.25) is 0 Å². The van der Waals surface area contributed by atoms with E-state index in [1.807, 2.05) is 18.2 Å². The van der Waals surface area contributed by atoms with Crippen LogP contribution in [0.3, 0.4) is 0 Å². The number of hydrogen-bond donors (Lipinski definition) is 1. The van der Waals surface area contributed by atoms with Gasteiger partial charge in [-0.3, -0.25) is 14.8 Å². The maximum Gasteiger partial charge on any atom is 0.255 e. The van der Waals surface area contributed by atoms with Crippen molar-refractivity contribution in [3.8, 4) is 0 Å². The Kier molecular flexibility index (Phi) is 2.90. The highest BCUT2D eigenvalue weighted by atomic mass is 16.1. The number of nitrogens with zero attached hydrogens (tertiary/aromatic N) is 2. The molecule has 2 aromatic heterocycles. The molecule has 0 saturated carbocycles. The molecule has 0 aliphatic rings. The van der Waals surface area contributed by atoms with E-state index >= 15 is 0 Å². The molecule has 0 saturated heterocycles. The van der Waals surface area contributed by atoms with Gasteiger partial charge in [0.2, 0.25) is 0 Å². The Morgan fingerprint density at radius 1 is 0.895 bits per heavy atom. The van der Waals surface area contributed by atoms with Crippen LogP contribution in [0, 0.1) is 0 Å². The molecule has 1 N–H and O–H groups in total. The predicted molar refractivity (Wildman–Crippen MR) is 73.9 cm³/mol. The van der Waals surface area contributed by atoms with Crippen LogP contribution in [0.15, 0.2) is 61.2 Å². The van der Waals surface area contributed by atoms with E-state index in [0.29, 0.717) is 5.56 Å². The number of aromatic nitrogens is 2. The number of benzene rings is 1. The van der Waals surface area contributed by atoms with Crippen LogP contribution in [0.1, 0.15) is 10.4 Å². The first-order valence-corrected chi connectivity index (χ1v) is 5.88. The van der Waals surface area contributed by atoms with Crippen LogP contribution in [0.4, 0.5) is 5.69 Å². The van der Waals surface area contributed by atoms with Crippen LogP contribution in [-0.2, 0) is 0 Å². The first-order chi connectivity index (χ1) is 9.33. The fraction of sp³-hybridized carbons (Fsp3) is 0. The van der Waals surface area contributed by atoms with E-state index in [0.717, 1.165) is 16.5 Å². The molecule has 0 radical (unpaired) electrons. The van der Waals surface area contributed by atoms with Crippen molar-refractivity contribution in [2.75, 3.05) is 5.32 Å². The Labute approximate surface area is 110 Å². The Bertz CT molecular complexity index is 726. The number of hydrogen-bond acceptors (Lipinski definition) is 3. The topological polar surface area (TPSA) is 54.9 Å². The lowest BCUT2D eigenvalue weighted by atomic mass is 10.1. The average molecular weight is 249 g/mol. The lowest BCUT2D eigenvalue weighted by molar-refractivity contribution is 0.102. The number of amides is 1. The minimum Gasteiger partial charge on any atom is -0.322 e. The Morgan fingerprint density at radius 3 is 2.53 bits per heavy atom. The molecule has 0 spiro atoms. The van der Waals surface area contributed by atoms with E-state index < -0.39 is 0 Å². The minimum absolute atomic E-state index is 0.134. The zero-order valence-electron chi connectivity index (χ0n) is 10.1. The van der Waals surface area contributed by atoms with Crippen LogP contribution in [-0.4, -0.2) is 15.9 Å². The van der Waals surface area contributed by atoms with Crippen molar-refractivity contribution >= 4 is 22.4 Å². The second kappa shape index (κ2) is 4.86. The first kappa shape index (κ1) is 11.3. The molecule has 1 aromatic carbocycles. The maximum atomic E-state index is 12.1. The number of pyridine rings is 2. The third-order valence-electron chi connectivity index (χ3n) is 2.84. The van der Waals surface area contributed by atoms with E-state index in [-0.39, 0.29) is 5.91 Å². The molecule has 0 fully saturated rings. The second-order valence-electron chi connectivity index (χ2n) is 4.13. The molecule has 92 valence electrons. The number of carbonyl (C=O) groups is 1. The third-order valence-corrected chi connectivity index (χ3v) is 2.84. The summed E-state index contributed by atoms with van der Waals surface area (Å²) in [6.45, 7) is 0. The zero-order valence-corrected chi connectivity index (χ0v) is 10.1. The normalized spacial score (nSPS) is 10.3. The molecular weight excluding hydrogens is 238 g/mol. The van der Waals surface area contributed by atoms with Gasteiger partial charge in [0.1, 0.15) is 0 Å². The van der Waals surface area contributed by atoms with Gasteiger partial charge in [-0.05, 0) is 35.7 Å². The third kappa shape index (κ3) is 2.42. The molecule has 2 heterocycles. The summed E-state index contributed by atoms with van der Waals surface area (Å²) >= 11 is 0. The van der Waals surface area contributed by atoms with Crippen LogP contribution < -0.4 is 5.32 Å². The standard InChI is InChI=1S/C15H11N3O/c19-15(18-14-4-7-16-8-5-14)12-1-2-13-10-17-6-3-11(13)9-12/h1-10H,(H,16,18,19). The van der Waals surface area contributed by atoms with Gasteiger partial charge in [0.15, 0.2) is 0 Å². The van der Waals surface area contributed by atoms with Crippen molar-refractivity contribution in [3.63, 3.8) is 0 Å². The van der Waals surface area contributed by atoms with E-state index in [9.17, 15) is 4.79 Å². The summed E-state index contributed by atoms with van der Waals surface area (Å²) in [5.41, 5.74) is 1.35. The number of rotatable bonds is 2. The molecule has 0 bridgehead atoms. The lowest BCUT2D eigenvalue weighted by Gasteiger charge is -2.05. The molecule has 0 aliphatic carbocycles. The number of nitrogens with one attached hydrogen (secondary N) is 1. The summed E-state index contributed by atoms with van der Waals surface area (Å²) in [6, 6.07) is 10.9. The van der Waals surface area contributed by atoms with Gasteiger partial charge in [-0.25, -0.2) is 0 Å². The minimum atomic E-state index is -0.134. The largest absolute Gasteiger partial charge is 0.322 e. The van der Waals surface area contributed by atoms with Crippen molar-refractivity contribution in [2.45, 2.75) is 0 Å². The predicted octanol–water partition coefficient (Wildman–Crippen LogP) is 2.88. The molecule has 0 atom stereocenters. The van der Waals surface area contributed by atoms with Gasteiger partial charge in [0, 0.05) is 41.4 Å². The fourth-order valence-corrected chi connectivity index (χ4v) is 1.86. The summed E-state index contributed by atoms with van der Waals surface area (Å²) < 4.78 is 0. The molecule has 4 heteroatoms. The fourth-order valence-electron chi connectivity index (χ4n) is 1.86. The number of fused-ring (bicyclic) bond motifs is 1. The van der Waals surface area contributed by atoms with E-state index in [2.05, 4.69) is 15.3 Å². The molecule has 0 aliphatic heterocycles. The Balaban J connectivity index is 1.89. The van der Waals surface area contributed by atoms with Crippen LogP contribution in [0.5, 0.6) is 0 Å². The second-order valence-corrected chi connectivity index (χ2v) is 4.13. The van der Waals surface area contributed by atoms with Gasteiger partial charge < -0.3 is 5.32 Å². The van der Waals surface area contributed by atoms with Crippen molar-refractivity contribution < 1.29 is 4.79 Å². The first-order valence-electron chi connectivity index (χ1n) is 5.88. The zero-order chi connectivity index (χ0) is 13.1. The quantitative estimate of drug-likeness (QED) is 0.759. The summed E-state index contributed by atoms with van der Waals surface area (Å²) in [4.78, 5) is 20.1. The van der Waals surface area contributed by atoms with Crippen LogP contribution >= 0.6 is 0 Å². The van der Waals surface area contributed by atoms with E-state index in [4.69, 9.17) is 0 Å². The van der Waals surface area contributed by atoms with Crippen molar-refractivity contribution in [1.29, 1.82) is 0 Å². The summed E-state index contributed by atoms with van der Waals surface area (Å²) in [5.74, 6) is -0.134. The summed E-state index contributed by atoms with van der Waals surface area (Å²) in [6.07, 6.45) is 6.77. The molecule has 3 rings (SSSR count).